The number of phenolic OH excluding ortho intramolecular Hbond substituents is 1. The molecule has 1 fully saturated rings. The van der Waals surface area contributed by atoms with E-state index in [9.17, 15) is 24.3 Å². The van der Waals surface area contributed by atoms with E-state index in [-0.39, 0.29) is 34.4 Å². The summed E-state index contributed by atoms with van der Waals surface area (Å²) in [7, 11) is 0. The van der Waals surface area contributed by atoms with Crippen LogP contribution in [-0.4, -0.2) is 35.5 Å². The first-order valence-electron chi connectivity index (χ1n) is 10.8. The number of ether oxygens (including phenoxy) is 1. The minimum absolute atomic E-state index is 0.0468. The largest absolute Gasteiger partial charge is 0.508 e. The number of aryl methyl sites for hydroxylation is 1. The summed E-state index contributed by atoms with van der Waals surface area (Å²) in [5.41, 5.74) is 1.66. The van der Waals surface area contributed by atoms with Crippen molar-refractivity contribution in [2.45, 2.75) is 6.92 Å². The Hall–Kier alpha value is -4.34. The summed E-state index contributed by atoms with van der Waals surface area (Å²) in [6.45, 7) is 1.52. The Labute approximate surface area is 221 Å². The van der Waals surface area contributed by atoms with Gasteiger partial charge in [-0.3, -0.25) is 19.7 Å². The Bertz CT molecular complexity index is 1450. The minimum Gasteiger partial charge on any atom is -0.508 e. The number of aromatic hydroxyl groups is 1. The molecule has 0 spiro atoms. The molecule has 0 unspecified atom stereocenters. The molecule has 3 N–H and O–H groups in total. The van der Waals surface area contributed by atoms with Crippen LogP contribution >= 0.6 is 23.2 Å². The second-order valence-electron chi connectivity index (χ2n) is 7.96. The molecular weight excluding hydrogens is 521 g/mol. The first kappa shape index (κ1) is 25.7. The highest BCUT2D eigenvalue weighted by Crippen LogP contribution is 2.28. The summed E-state index contributed by atoms with van der Waals surface area (Å²) < 4.78 is 5.49. The van der Waals surface area contributed by atoms with Gasteiger partial charge in [0.25, 0.3) is 17.7 Å². The number of nitrogens with zero attached hydrogens (tertiary/aromatic N) is 1. The highest BCUT2D eigenvalue weighted by atomic mass is 35.5. The maximum Gasteiger partial charge on any atom is 0.335 e. The molecule has 1 heterocycles. The van der Waals surface area contributed by atoms with E-state index in [1.807, 2.05) is 6.92 Å². The van der Waals surface area contributed by atoms with Crippen LogP contribution in [0.4, 0.5) is 16.2 Å². The SMILES string of the molecule is Cc1ccc(NC(=O)COc2ccc(/C=C3/C(=O)NC(=O)N(c4ccc(O)cc4)C3=O)cc2Cl)cc1Cl. The van der Waals surface area contributed by atoms with Crippen LogP contribution in [0.3, 0.4) is 0 Å². The van der Waals surface area contributed by atoms with E-state index in [0.717, 1.165) is 10.5 Å². The van der Waals surface area contributed by atoms with Gasteiger partial charge in [0.15, 0.2) is 6.61 Å². The molecule has 3 aromatic carbocycles. The number of carbonyl (C=O) groups excluding carboxylic acids is 4. The predicted octanol–water partition coefficient (Wildman–Crippen LogP) is 4.69. The molecule has 3 aromatic rings. The quantitative estimate of drug-likeness (QED) is 0.308. The van der Waals surface area contributed by atoms with Crippen LogP contribution in [0.2, 0.25) is 10.0 Å². The number of nitrogens with one attached hydrogen (secondary N) is 2. The van der Waals surface area contributed by atoms with Crippen LogP contribution < -0.4 is 20.3 Å². The number of anilines is 2. The van der Waals surface area contributed by atoms with Crippen molar-refractivity contribution in [2.24, 2.45) is 0 Å². The maximum absolute atomic E-state index is 13.0. The molecule has 37 heavy (non-hydrogen) atoms. The van der Waals surface area contributed by atoms with Crippen LogP contribution in [0.15, 0.2) is 66.2 Å². The van der Waals surface area contributed by atoms with Crippen LogP contribution in [0, 0.1) is 6.92 Å². The van der Waals surface area contributed by atoms with Gasteiger partial charge in [0, 0.05) is 10.7 Å². The lowest BCUT2D eigenvalue weighted by atomic mass is 10.1. The number of benzene rings is 3. The monoisotopic (exact) mass is 539 g/mol. The molecule has 0 radical (unpaired) electrons. The van der Waals surface area contributed by atoms with Gasteiger partial charge in [0.2, 0.25) is 0 Å². The summed E-state index contributed by atoms with van der Waals surface area (Å²) in [4.78, 5) is 50.6. The van der Waals surface area contributed by atoms with Gasteiger partial charge in [-0.15, -0.1) is 0 Å². The number of barbiturate groups is 1. The topological polar surface area (TPSA) is 125 Å². The average molecular weight is 540 g/mol. The molecule has 0 atom stereocenters. The highest BCUT2D eigenvalue weighted by Gasteiger charge is 2.36. The number of halogens is 2. The fraction of sp³-hybridized carbons (Fsp3) is 0.0769. The summed E-state index contributed by atoms with van der Waals surface area (Å²) in [5.74, 6) is -1.97. The number of amides is 5. The molecular formula is C26H19Cl2N3O6. The third kappa shape index (κ3) is 5.91. The smallest absolute Gasteiger partial charge is 0.335 e. The number of hydrogen-bond donors (Lipinski definition) is 3. The van der Waals surface area contributed by atoms with E-state index in [2.05, 4.69) is 10.6 Å². The Morgan fingerprint density at radius 3 is 2.43 bits per heavy atom. The van der Waals surface area contributed by atoms with Crippen LogP contribution in [0.5, 0.6) is 11.5 Å². The van der Waals surface area contributed by atoms with Gasteiger partial charge in [-0.2, -0.15) is 0 Å². The fourth-order valence-corrected chi connectivity index (χ4v) is 3.82. The summed E-state index contributed by atoms with van der Waals surface area (Å²) in [6, 6.07) is 14.0. The highest BCUT2D eigenvalue weighted by molar-refractivity contribution is 6.39. The number of imide groups is 2. The van der Waals surface area contributed by atoms with Crippen molar-refractivity contribution in [3.63, 3.8) is 0 Å². The number of carbonyl (C=O) groups is 4. The summed E-state index contributed by atoms with van der Waals surface area (Å²) in [5, 5.41) is 14.9. The average Bonchev–Trinajstić information content (AvgIpc) is 2.84. The van der Waals surface area contributed by atoms with E-state index in [1.165, 1.54) is 48.5 Å². The first-order chi connectivity index (χ1) is 17.6. The molecule has 1 aliphatic heterocycles. The second-order valence-corrected chi connectivity index (χ2v) is 8.78. The summed E-state index contributed by atoms with van der Waals surface area (Å²) >= 11 is 12.4. The third-order valence-corrected chi connectivity index (χ3v) is 5.99. The Kier molecular flexibility index (Phi) is 7.47. The fourth-order valence-electron chi connectivity index (χ4n) is 3.40. The Balaban J connectivity index is 1.46. The zero-order valence-corrected chi connectivity index (χ0v) is 20.8. The first-order valence-corrected chi connectivity index (χ1v) is 11.6. The predicted molar refractivity (Wildman–Crippen MR) is 139 cm³/mol. The van der Waals surface area contributed by atoms with Crippen molar-refractivity contribution < 1.29 is 29.0 Å². The second kappa shape index (κ2) is 10.7. The minimum atomic E-state index is -0.911. The van der Waals surface area contributed by atoms with E-state index in [1.54, 1.807) is 18.2 Å². The molecule has 4 rings (SSSR count). The molecule has 0 saturated carbocycles. The van der Waals surface area contributed by atoms with Gasteiger partial charge in [0.05, 0.1) is 10.7 Å². The zero-order valence-electron chi connectivity index (χ0n) is 19.2. The Morgan fingerprint density at radius 2 is 1.76 bits per heavy atom. The molecule has 0 aliphatic carbocycles. The summed E-state index contributed by atoms with van der Waals surface area (Å²) in [6.07, 6.45) is 1.28. The van der Waals surface area contributed by atoms with Crippen molar-refractivity contribution in [2.75, 3.05) is 16.8 Å². The van der Waals surface area contributed by atoms with E-state index in [4.69, 9.17) is 27.9 Å². The molecule has 9 nitrogen and oxygen atoms in total. The van der Waals surface area contributed by atoms with Crippen LogP contribution in [-0.2, 0) is 14.4 Å². The van der Waals surface area contributed by atoms with E-state index < -0.39 is 23.8 Å². The van der Waals surface area contributed by atoms with E-state index >= 15 is 0 Å². The van der Waals surface area contributed by atoms with Gasteiger partial charge in [-0.1, -0.05) is 35.3 Å². The number of phenols is 1. The van der Waals surface area contributed by atoms with Gasteiger partial charge in [0.1, 0.15) is 17.1 Å². The molecule has 1 saturated heterocycles. The molecule has 5 amide bonds. The molecule has 1 aliphatic rings. The zero-order chi connectivity index (χ0) is 26.7. The maximum atomic E-state index is 13.0. The molecule has 0 bridgehead atoms. The number of rotatable bonds is 6. The van der Waals surface area contributed by atoms with Gasteiger partial charge in [-0.25, -0.2) is 9.69 Å². The lowest BCUT2D eigenvalue weighted by Gasteiger charge is -2.26. The molecule has 0 aromatic heterocycles. The van der Waals surface area contributed by atoms with Gasteiger partial charge >= 0.3 is 6.03 Å². The van der Waals surface area contributed by atoms with Gasteiger partial charge < -0.3 is 15.2 Å². The van der Waals surface area contributed by atoms with E-state index in [0.29, 0.717) is 16.3 Å². The normalized spacial score (nSPS) is 14.5. The standard InChI is InChI=1S/C26H19Cl2N3O6/c1-14-2-4-16(12-20(14)27)29-23(33)13-37-22-9-3-15(11-21(22)28)10-19-24(34)30-26(36)31(25(19)35)17-5-7-18(32)8-6-17/h2-12,32H,13H2,1H3,(H,29,33)(H,30,34,36)/b19-10-. The van der Waals surface area contributed by atoms with Crippen LogP contribution in [0.25, 0.3) is 6.08 Å². The number of hydrogen-bond acceptors (Lipinski definition) is 6. The molecule has 188 valence electrons. The van der Waals surface area contributed by atoms with Crippen LogP contribution in [0.1, 0.15) is 11.1 Å². The van der Waals surface area contributed by atoms with Crippen molar-refractivity contribution in [1.29, 1.82) is 0 Å². The lowest BCUT2D eigenvalue weighted by molar-refractivity contribution is -0.122. The van der Waals surface area contributed by atoms with Crippen molar-refractivity contribution >= 4 is 64.4 Å². The Morgan fingerprint density at radius 1 is 1.03 bits per heavy atom. The van der Waals surface area contributed by atoms with Gasteiger partial charge in [-0.05, 0) is 72.7 Å². The van der Waals surface area contributed by atoms with Crippen molar-refractivity contribution in [1.82, 2.24) is 5.32 Å². The third-order valence-electron chi connectivity index (χ3n) is 5.29. The van der Waals surface area contributed by atoms with Crippen molar-refractivity contribution in [3.8, 4) is 11.5 Å². The lowest BCUT2D eigenvalue weighted by Crippen LogP contribution is -2.54. The van der Waals surface area contributed by atoms with Crippen molar-refractivity contribution in [3.05, 3.63) is 87.4 Å². The molecule has 11 heteroatoms. The number of urea groups is 1.